The smallest absolute Gasteiger partial charge is 0.340 e. The second kappa shape index (κ2) is 8.00. The van der Waals surface area contributed by atoms with Gasteiger partial charge in [0.25, 0.3) is 0 Å². The molecule has 2 aromatic carbocycles. The van der Waals surface area contributed by atoms with Crippen molar-refractivity contribution in [3.63, 3.8) is 0 Å². The fraction of sp³-hybridized carbons (Fsp3) is 0.167. The van der Waals surface area contributed by atoms with Gasteiger partial charge in [-0.3, -0.25) is 10.3 Å². The van der Waals surface area contributed by atoms with Crippen molar-refractivity contribution in [3.05, 3.63) is 66.7 Å². The topological polar surface area (TPSA) is 47.6 Å². The Kier molecular flexibility index (Phi) is 5.74. The van der Waals surface area contributed by atoms with Gasteiger partial charge in [-0.25, -0.2) is 4.79 Å². The SMILES string of the molecule is C=CCONc1ccc(-c2ccccc2)cc1C(=O)OCC. The normalized spacial score (nSPS) is 10.0. The summed E-state index contributed by atoms with van der Waals surface area (Å²) in [7, 11) is 0. The predicted molar refractivity (Wildman–Crippen MR) is 87.6 cm³/mol. The first kappa shape index (κ1) is 15.8. The lowest BCUT2D eigenvalue weighted by atomic mass is 10.0. The van der Waals surface area contributed by atoms with Crippen LogP contribution in [0.2, 0.25) is 0 Å². The van der Waals surface area contributed by atoms with E-state index >= 15 is 0 Å². The summed E-state index contributed by atoms with van der Waals surface area (Å²) in [5, 5.41) is 0. The molecule has 0 aromatic heterocycles. The van der Waals surface area contributed by atoms with Crippen LogP contribution in [-0.4, -0.2) is 19.2 Å². The van der Waals surface area contributed by atoms with E-state index in [1.165, 1.54) is 0 Å². The van der Waals surface area contributed by atoms with Gasteiger partial charge in [-0.2, -0.15) is 0 Å². The molecule has 0 radical (unpaired) electrons. The van der Waals surface area contributed by atoms with Gasteiger partial charge in [0.1, 0.15) is 0 Å². The molecule has 2 rings (SSSR count). The molecule has 4 heteroatoms. The molecule has 0 unspecified atom stereocenters. The predicted octanol–water partition coefficient (Wildman–Crippen LogP) is 4.06. The van der Waals surface area contributed by atoms with Crippen molar-refractivity contribution in [2.24, 2.45) is 0 Å². The monoisotopic (exact) mass is 297 g/mol. The molecule has 0 saturated carbocycles. The third-order valence-electron chi connectivity index (χ3n) is 3.01. The van der Waals surface area contributed by atoms with Crippen LogP contribution in [0.4, 0.5) is 5.69 Å². The minimum absolute atomic E-state index is 0.321. The molecule has 114 valence electrons. The van der Waals surface area contributed by atoms with Gasteiger partial charge < -0.3 is 4.74 Å². The highest BCUT2D eigenvalue weighted by atomic mass is 16.6. The first-order valence-corrected chi connectivity index (χ1v) is 7.11. The van der Waals surface area contributed by atoms with Gasteiger partial charge in [-0.05, 0) is 30.2 Å². The van der Waals surface area contributed by atoms with Crippen LogP contribution in [0.15, 0.2) is 61.2 Å². The molecular weight excluding hydrogens is 278 g/mol. The van der Waals surface area contributed by atoms with Crippen LogP contribution in [0.5, 0.6) is 0 Å². The molecule has 0 spiro atoms. The number of rotatable bonds is 7. The zero-order valence-electron chi connectivity index (χ0n) is 12.5. The van der Waals surface area contributed by atoms with E-state index in [4.69, 9.17) is 9.57 Å². The Hall–Kier alpha value is -2.59. The van der Waals surface area contributed by atoms with Crippen LogP contribution in [0, 0.1) is 0 Å². The van der Waals surface area contributed by atoms with Crippen LogP contribution >= 0.6 is 0 Å². The molecule has 0 fully saturated rings. The highest BCUT2D eigenvalue weighted by Gasteiger charge is 2.14. The van der Waals surface area contributed by atoms with E-state index in [-0.39, 0.29) is 5.97 Å². The molecule has 2 aromatic rings. The van der Waals surface area contributed by atoms with Crippen LogP contribution < -0.4 is 5.48 Å². The van der Waals surface area contributed by atoms with Gasteiger partial charge in [0.05, 0.1) is 24.5 Å². The van der Waals surface area contributed by atoms with Crippen molar-refractivity contribution >= 4 is 11.7 Å². The Morgan fingerprint density at radius 2 is 1.95 bits per heavy atom. The Balaban J connectivity index is 2.34. The minimum atomic E-state index is -0.384. The number of hydrogen-bond donors (Lipinski definition) is 1. The van der Waals surface area contributed by atoms with E-state index in [0.717, 1.165) is 11.1 Å². The zero-order chi connectivity index (χ0) is 15.8. The van der Waals surface area contributed by atoms with Crippen LogP contribution in [0.1, 0.15) is 17.3 Å². The maximum absolute atomic E-state index is 12.1. The number of carbonyl (C=O) groups is 1. The molecule has 0 aliphatic carbocycles. The third-order valence-corrected chi connectivity index (χ3v) is 3.01. The lowest BCUT2D eigenvalue weighted by Crippen LogP contribution is -2.10. The van der Waals surface area contributed by atoms with E-state index < -0.39 is 0 Å². The Labute approximate surface area is 130 Å². The van der Waals surface area contributed by atoms with Crippen LogP contribution in [-0.2, 0) is 9.57 Å². The molecule has 1 N–H and O–H groups in total. The van der Waals surface area contributed by atoms with Crippen molar-refractivity contribution in [3.8, 4) is 11.1 Å². The number of hydrogen-bond acceptors (Lipinski definition) is 4. The van der Waals surface area contributed by atoms with Gasteiger partial charge in [0, 0.05) is 0 Å². The molecule has 0 amide bonds. The number of benzene rings is 2. The maximum atomic E-state index is 12.1. The van der Waals surface area contributed by atoms with E-state index in [2.05, 4.69) is 12.1 Å². The van der Waals surface area contributed by atoms with Crippen LogP contribution in [0.25, 0.3) is 11.1 Å². The van der Waals surface area contributed by atoms with Gasteiger partial charge >= 0.3 is 5.97 Å². The van der Waals surface area contributed by atoms with E-state index in [9.17, 15) is 4.79 Å². The fourth-order valence-corrected chi connectivity index (χ4v) is 2.00. The van der Waals surface area contributed by atoms with Crippen molar-refractivity contribution < 1.29 is 14.4 Å². The lowest BCUT2D eigenvalue weighted by Gasteiger charge is -2.12. The van der Waals surface area contributed by atoms with Crippen molar-refractivity contribution in [1.82, 2.24) is 0 Å². The molecule has 0 saturated heterocycles. The summed E-state index contributed by atoms with van der Waals surface area (Å²) in [6, 6.07) is 15.4. The third kappa shape index (κ3) is 3.96. The Bertz CT molecular complexity index is 638. The van der Waals surface area contributed by atoms with Gasteiger partial charge in [0.15, 0.2) is 0 Å². The summed E-state index contributed by atoms with van der Waals surface area (Å²) < 4.78 is 5.11. The second-order valence-corrected chi connectivity index (χ2v) is 4.55. The molecule has 0 atom stereocenters. The first-order valence-electron chi connectivity index (χ1n) is 7.11. The number of ether oxygens (including phenoxy) is 1. The molecular formula is C18H19NO3. The summed E-state index contributed by atoms with van der Waals surface area (Å²) >= 11 is 0. The maximum Gasteiger partial charge on any atom is 0.340 e. The van der Waals surface area contributed by atoms with Gasteiger partial charge in [-0.1, -0.05) is 42.5 Å². The highest BCUT2D eigenvalue weighted by molar-refractivity contribution is 5.97. The summed E-state index contributed by atoms with van der Waals surface area (Å²) in [4.78, 5) is 17.4. The zero-order valence-corrected chi connectivity index (χ0v) is 12.5. The van der Waals surface area contributed by atoms with Gasteiger partial charge in [-0.15, -0.1) is 6.58 Å². The molecule has 0 bridgehead atoms. The molecule has 0 aliphatic heterocycles. The summed E-state index contributed by atoms with van der Waals surface area (Å²) in [5.74, 6) is -0.384. The number of nitrogens with one attached hydrogen (secondary N) is 1. The lowest BCUT2D eigenvalue weighted by molar-refractivity contribution is 0.0526. The number of esters is 1. The fourth-order valence-electron chi connectivity index (χ4n) is 2.00. The number of carbonyl (C=O) groups excluding carboxylic acids is 1. The molecule has 22 heavy (non-hydrogen) atoms. The largest absolute Gasteiger partial charge is 0.462 e. The quantitative estimate of drug-likeness (QED) is 0.362. The van der Waals surface area contributed by atoms with Crippen molar-refractivity contribution in [2.45, 2.75) is 6.92 Å². The van der Waals surface area contributed by atoms with Crippen molar-refractivity contribution in [2.75, 3.05) is 18.7 Å². The van der Waals surface area contributed by atoms with Crippen LogP contribution in [0.3, 0.4) is 0 Å². The molecule has 0 aliphatic rings. The van der Waals surface area contributed by atoms with E-state index in [1.807, 2.05) is 36.4 Å². The average molecular weight is 297 g/mol. The Morgan fingerprint density at radius 1 is 1.18 bits per heavy atom. The van der Waals surface area contributed by atoms with Gasteiger partial charge in [0.2, 0.25) is 0 Å². The standard InChI is InChI=1S/C18H19NO3/c1-3-12-22-19-17-11-10-15(14-8-6-5-7-9-14)13-16(17)18(20)21-4-2/h3,5-11,13,19H,1,4,12H2,2H3. The highest BCUT2D eigenvalue weighted by Crippen LogP contribution is 2.26. The summed E-state index contributed by atoms with van der Waals surface area (Å²) in [5.41, 5.74) is 5.74. The second-order valence-electron chi connectivity index (χ2n) is 4.55. The minimum Gasteiger partial charge on any atom is -0.462 e. The molecule has 4 nitrogen and oxygen atoms in total. The number of anilines is 1. The first-order chi connectivity index (χ1) is 10.8. The molecule has 0 heterocycles. The summed E-state index contributed by atoms with van der Waals surface area (Å²) in [6.07, 6.45) is 1.62. The van der Waals surface area contributed by atoms with Crippen molar-refractivity contribution in [1.29, 1.82) is 0 Å². The van der Waals surface area contributed by atoms with E-state index in [0.29, 0.717) is 24.5 Å². The average Bonchev–Trinajstić information content (AvgIpc) is 2.56. The summed E-state index contributed by atoms with van der Waals surface area (Å²) in [6.45, 7) is 6.01. The Morgan fingerprint density at radius 3 is 2.64 bits per heavy atom. The van der Waals surface area contributed by atoms with E-state index in [1.54, 1.807) is 25.1 Å².